The largest absolute Gasteiger partial charge is 0.391 e. The first-order chi connectivity index (χ1) is 7.49. The van der Waals surface area contributed by atoms with E-state index >= 15 is 0 Å². The van der Waals surface area contributed by atoms with Crippen LogP contribution < -0.4 is 0 Å². The van der Waals surface area contributed by atoms with Gasteiger partial charge >= 0.3 is 0 Å². The molecule has 6 heteroatoms. The van der Waals surface area contributed by atoms with Crippen molar-refractivity contribution in [1.82, 2.24) is 4.90 Å². The Morgan fingerprint density at radius 2 is 2.25 bits per heavy atom. The quantitative estimate of drug-likeness (QED) is 0.675. The second kappa shape index (κ2) is 4.52. The summed E-state index contributed by atoms with van der Waals surface area (Å²) in [6.07, 6.45) is -1.22. The highest BCUT2D eigenvalue weighted by Crippen LogP contribution is 2.37. The molecule has 5 nitrogen and oxygen atoms in total. The monoisotopic (exact) mass is 246 g/mol. The summed E-state index contributed by atoms with van der Waals surface area (Å²) in [6, 6.07) is 0.00685. The number of rotatable bonds is 1. The molecule has 1 fully saturated rings. The van der Waals surface area contributed by atoms with Crippen LogP contribution in [-0.4, -0.2) is 64.2 Å². The van der Waals surface area contributed by atoms with Gasteiger partial charge in [-0.15, -0.1) is 0 Å². The van der Waals surface area contributed by atoms with E-state index in [1.165, 1.54) is 0 Å². The lowest BCUT2D eigenvalue weighted by molar-refractivity contribution is -0.136. The molecule has 2 heterocycles. The minimum Gasteiger partial charge on any atom is -0.391 e. The van der Waals surface area contributed by atoms with Gasteiger partial charge in [-0.25, -0.2) is 0 Å². The van der Waals surface area contributed by atoms with Gasteiger partial charge in [0.25, 0.3) is 0 Å². The van der Waals surface area contributed by atoms with E-state index in [0.29, 0.717) is 6.42 Å². The fourth-order valence-corrected chi connectivity index (χ4v) is 3.11. The van der Waals surface area contributed by atoms with Crippen LogP contribution in [0.15, 0.2) is 4.99 Å². The van der Waals surface area contributed by atoms with E-state index in [2.05, 4.69) is 4.99 Å². The average molecular weight is 246 g/mol. The van der Waals surface area contributed by atoms with Crippen LogP contribution in [0.1, 0.15) is 13.3 Å². The van der Waals surface area contributed by atoms with Gasteiger partial charge in [0.2, 0.25) is 0 Å². The molecule has 2 N–H and O–H groups in total. The Morgan fingerprint density at radius 1 is 1.56 bits per heavy atom. The van der Waals surface area contributed by atoms with E-state index in [9.17, 15) is 10.2 Å². The number of hydrogen-bond donors (Lipinski definition) is 2. The summed E-state index contributed by atoms with van der Waals surface area (Å²) in [5, 5.41) is 20.3. The molecule has 1 saturated heterocycles. The molecule has 0 bridgehead atoms. The van der Waals surface area contributed by atoms with Gasteiger partial charge in [-0.05, 0) is 6.92 Å². The van der Waals surface area contributed by atoms with Gasteiger partial charge in [0.05, 0.1) is 18.2 Å². The molecule has 0 spiro atoms. The molecule has 0 aromatic carbocycles. The Morgan fingerprint density at radius 3 is 2.81 bits per heavy atom. The van der Waals surface area contributed by atoms with E-state index in [1.54, 1.807) is 18.7 Å². The molecule has 0 radical (unpaired) electrons. The van der Waals surface area contributed by atoms with Crippen molar-refractivity contribution in [3.8, 4) is 0 Å². The fourth-order valence-electron chi connectivity index (χ4n) is 1.98. The minimum atomic E-state index is -0.653. The number of aliphatic hydroxyl groups is 2. The molecule has 0 aromatic heterocycles. The number of amidine groups is 1. The third-order valence-electron chi connectivity index (χ3n) is 2.82. The number of ether oxygens (including phenoxy) is 1. The van der Waals surface area contributed by atoms with Crippen molar-refractivity contribution in [1.29, 1.82) is 0 Å². The zero-order chi connectivity index (χ0) is 11.9. The average Bonchev–Trinajstić information content (AvgIpc) is 2.58. The van der Waals surface area contributed by atoms with Crippen LogP contribution in [0.4, 0.5) is 0 Å². The highest BCUT2D eigenvalue weighted by atomic mass is 32.2. The lowest BCUT2D eigenvalue weighted by atomic mass is 9.99. The number of thioether (sulfide) groups is 1. The Hall–Kier alpha value is -0.300. The van der Waals surface area contributed by atoms with Crippen LogP contribution >= 0.6 is 11.8 Å². The lowest BCUT2D eigenvalue weighted by Crippen LogP contribution is -2.48. The Bertz CT molecular complexity index is 296. The van der Waals surface area contributed by atoms with E-state index in [0.717, 1.165) is 5.17 Å². The second-order valence-corrected chi connectivity index (χ2v) is 5.57. The Balaban J connectivity index is 2.05. The molecule has 16 heavy (non-hydrogen) atoms. The molecule has 5 atom stereocenters. The second-order valence-electron chi connectivity index (χ2n) is 4.50. The predicted molar refractivity (Wildman–Crippen MR) is 63.5 cm³/mol. The standard InChI is InChI=1S/C10H18N2O3S/c1-5(13)8-7(14)4-6-9(15-8)16-10(11-6)12(2)3/h5-9,13-14H,4H2,1-3H3. The maximum atomic E-state index is 9.83. The van der Waals surface area contributed by atoms with Crippen LogP contribution in [-0.2, 0) is 4.74 Å². The van der Waals surface area contributed by atoms with Gasteiger partial charge < -0.3 is 19.8 Å². The zero-order valence-electron chi connectivity index (χ0n) is 9.70. The number of aliphatic imine (C=N–C) groups is 1. The van der Waals surface area contributed by atoms with Crippen LogP contribution in [0.3, 0.4) is 0 Å². The van der Waals surface area contributed by atoms with Gasteiger partial charge in [0.1, 0.15) is 11.5 Å². The molecule has 0 aliphatic carbocycles. The van der Waals surface area contributed by atoms with Crippen LogP contribution in [0.2, 0.25) is 0 Å². The first-order valence-corrected chi connectivity index (χ1v) is 6.30. The summed E-state index contributed by atoms with van der Waals surface area (Å²) < 4.78 is 5.69. The van der Waals surface area contributed by atoms with E-state index in [1.807, 2.05) is 19.0 Å². The predicted octanol–water partition coefficient (Wildman–Crippen LogP) is -0.124. The van der Waals surface area contributed by atoms with E-state index in [-0.39, 0.29) is 11.5 Å². The molecular formula is C10H18N2O3S. The molecule has 2 aliphatic heterocycles. The van der Waals surface area contributed by atoms with Crippen molar-refractivity contribution in [2.24, 2.45) is 4.99 Å². The van der Waals surface area contributed by atoms with E-state index < -0.39 is 18.3 Å². The molecule has 92 valence electrons. The molecule has 0 aromatic rings. The summed E-state index contributed by atoms with van der Waals surface area (Å²) in [5.74, 6) is 0. The first-order valence-electron chi connectivity index (χ1n) is 5.42. The summed E-state index contributed by atoms with van der Waals surface area (Å²) in [5.41, 5.74) is -0.0691. The topological polar surface area (TPSA) is 65.3 Å². The Kier molecular flexibility index (Phi) is 3.44. The maximum absolute atomic E-state index is 9.83. The fraction of sp³-hybridized carbons (Fsp3) is 0.900. The maximum Gasteiger partial charge on any atom is 0.161 e. The van der Waals surface area contributed by atoms with Crippen molar-refractivity contribution < 1.29 is 14.9 Å². The van der Waals surface area contributed by atoms with Crippen molar-refractivity contribution in [2.45, 2.75) is 43.1 Å². The number of hydrogen-bond acceptors (Lipinski definition) is 6. The Labute approximate surface area is 99.5 Å². The zero-order valence-corrected chi connectivity index (χ0v) is 10.5. The summed E-state index contributed by atoms with van der Waals surface area (Å²) >= 11 is 1.56. The van der Waals surface area contributed by atoms with Gasteiger partial charge in [-0.2, -0.15) is 0 Å². The highest BCUT2D eigenvalue weighted by molar-refractivity contribution is 8.14. The molecule has 0 saturated carbocycles. The number of fused-ring (bicyclic) bond motifs is 1. The smallest absolute Gasteiger partial charge is 0.161 e. The van der Waals surface area contributed by atoms with Crippen molar-refractivity contribution in [3.05, 3.63) is 0 Å². The minimum absolute atomic E-state index is 0.00685. The SMILES string of the molecule is CC(O)C1OC2SC(N(C)C)=NC2CC1O. The first kappa shape index (κ1) is 12.2. The third-order valence-corrected chi connectivity index (χ3v) is 4.16. The van der Waals surface area contributed by atoms with Crippen LogP contribution in [0.25, 0.3) is 0 Å². The molecule has 2 aliphatic rings. The van der Waals surface area contributed by atoms with E-state index in [4.69, 9.17) is 4.74 Å². The molecular weight excluding hydrogens is 228 g/mol. The van der Waals surface area contributed by atoms with Gasteiger partial charge in [-0.3, -0.25) is 4.99 Å². The third kappa shape index (κ3) is 2.20. The van der Waals surface area contributed by atoms with Gasteiger partial charge in [0, 0.05) is 20.5 Å². The van der Waals surface area contributed by atoms with Crippen LogP contribution in [0, 0.1) is 0 Å². The number of nitrogens with zero attached hydrogens (tertiary/aromatic N) is 2. The summed E-state index contributed by atoms with van der Waals surface area (Å²) in [6.45, 7) is 1.64. The van der Waals surface area contributed by atoms with Crippen molar-refractivity contribution in [2.75, 3.05) is 14.1 Å². The summed E-state index contributed by atoms with van der Waals surface area (Å²) in [7, 11) is 3.87. The molecule has 2 rings (SSSR count). The van der Waals surface area contributed by atoms with Crippen molar-refractivity contribution >= 4 is 16.9 Å². The lowest BCUT2D eigenvalue weighted by Gasteiger charge is -2.35. The van der Waals surface area contributed by atoms with Gasteiger partial charge in [-0.1, -0.05) is 11.8 Å². The number of aliphatic hydroxyl groups excluding tert-OH is 2. The summed E-state index contributed by atoms with van der Waals surface area (Å²) in [4.78, 5) is 6.43. The molecule has 0 amide bonds. The highest BCUT2D eigenvalue weighted by Gasteiger charge is 2.43. The molecule has 5 unspecified atom stereocenters. The normalized spacial score (nSPS) is 40.2. The van der Waals surface area contributed by atoms with Gasteiger partial charge in [0.15, 0.2) is 5.17 Å². The van der Waals surface area contributed by atoms with Crippen molar-refractivity contribution in [3.63, 3.8) is 0 Å². The van der Waals surface area contributed by atoms with Crippen LogP contribution in [0.5, 0.6) is 0 Å².